The second-order valence-electron chi connectivity index (χ2n) is 8.08. The number of hydrogen-bond acceptors (Lipinski definition) is 3. The molecule has 3 atom stereocenters. The first-order valence-corrected chi connectivity index (χ1v) is 10.8. The molecule has 3 aliphatic heterocycles. The average molecular weight is 371 g/mol. The van der Waals surface area contributed by atoms with Crippen molar-refractivity contribution in [3.8, 4) is 0 Å². The zero-order valence-corrected chi connectivity index (χ0v) is 16.6. The van der Waals surface area contributed by atoms with Crippen molar-refractivity contribution >= 4 is 5.96 Å². The zero-order chi connectivity index (χ0) is 18.5. The minimum Gasteiger partial charge on any atom is -0.373 e. The Morgan fingerprint density at radius 3 is 2.74 bits per heavy atom. The van der Waals surface area contributed by atoms with Gasteiger partial charge >= 0.3 is 0 Å². The van der Waals surface area contributed by atoms with E-state index in [-0.39, 0.29) is 6.10 Å². The molecule has 0 aromatic heterocycles. The highest BCUT2D eigenvalue weighted by Gasteiger charge is 2.32. The number of hydrogen-bond donors (Lipinski definition) is 1. The number of nitrogens with one attached hydrogen (secondary N) is 1. The van der Waals surface area contributed by atoms with Gasteiger partial charge in [0.1, 0.15) is 0 Å². The van der Waals surface area contributed by atoms with Crippen LogP contribution in [0.3, 0.4) is 0 Å². The molecular formula is C22H34N4O. The lowest BCUT2D eigenvalue weighted by Gasteiger charge is -2.26. The van der Waals surface area contributed by atoms with Gasteiger partial charge in [0.05, 0.1) is 6.10 Å². The van der Waals surface area contributed by atoms with Crippen molar-refractivity contribution in [3.63, 3.8) is 0 Å². The molecule has 0 aliphatic carbocycles. The third-order valence-corrected chi connectivity index (χ3v) is 6.27. The first kappa shape index (κ1) is 18.8. The molecule has 0 spiro atoms. The van der Waals surface area contributed by atoms with Crippen LogP contribution in [0.15, 0.2) is 35.3 Å². The Labute approximate surface area is 163 Å². The summed E-state index contributed by atoms with van der Waals surface area (Å²) < 4.78 is 6.04. The lowest BCUT2D eigenvalue weighted by molar-refractivity contribution is 0.0925. The highest BCUT2D eigenvalue weighted by molar-refractivity contribution is 5.80. The number of ether oxygens (including phenoxy) is 1. The maximum atomic E-state index is 6.04. The van der Waals surface area contributed by atoms with E-state index in [1.807, 2.05) is 0 Å². The van der Waals surface area contributed by atoms with Crippen molar-refractivity contribution in [3.05, 3.63) is 35.9 Å². The van der Waals surface area contributed by atoms with Crippen LogP contribution in [0.2, 0.25) is 0 Å². The van der Waals surface area contributed by atoms with Crippen LogP contribution >= 0.6 is 0 Å². The quantitative estimate of drug-likeness (QED) is 0.639. The second-order valence-corrected chi connectivity index (χ2v) is 8.08. The number of benzene rings is 1. The maximum Gasteiger partial charge on any atom is 0.193 e. The molecule has 0 saturated carbocycles. The predicted octanol–water partition coefficient (Wildman–Crippen LogP) is 2.90. The van der Waals surface area contributed by atoms with E-state index in [4.69, 9.17) is 9.73 Å². The number of nitrogens with zero attached hydrogens (tertiary/aromatic N) is 3. The highest BCUT2D eigenvalue weighted by atomic mass is 16.5. The van der Waals surface area contributed by atoms with Gasteiger partial charge < -0.3 is 15.0 Å². The summed E-state index contributed by atoms with van der Waals surface area (Å²) in [4.78, 5) is 10.2. The van der Waals surface area contributed by atoms with E-state index >= 15 is 0 Å². The number of rotatable bonds is 5. The SMILES string of the molecule is CCNC(=NCC1CCOC1c1ccccc1)N1CCC(N2CCCC2)C1. The average Bonchev–Trinajstić information content (AvgIpc) is 3.47. The molecule has 4 rings (SSSR count). The minimum absolute atomic E-state index is 0.189. The molecule has 3 heterocycles. The minimum atomic E-state index is 0.189. The molecule has 27 heavy (non-hydrogen) atoms. The summed E-state index contributed by atoms with van der Waals surface area (Å²) in [5, 5.41) is 3.53. The maximum absolute atomic E-state index is 6.04. The van der Waals surface area contributed by atoms with E-state index in [9.17, 15) is 0 Å². The first-order valence-electron chi connectivity index (χ1n) is 10.8. The van der Waals surface area contributed by atoms with E-state index in [1.165, 1.54) is 37.9 Å². The van der Waals surface area contributed by atoms with Gasteiger partial charge in [0, 0.05) is 44.7 Å². The normalized spacial score (nSPS) is 29.6. The monoisotopic (exact) mass is 370 g/mol. The summed E-state index contributed by atoms with van der Waals surface area (Å²) in [6, 6.07) is 11.3. The van der Waals surface area contributed by atoms with Gasteiger partial charge in [-0.3, -0.25) is 9.89 Å². The van der Waals surface area contributed by atoms with Crippen molar-refractivity contribution in [2.45, 2.75) is 44.8 Å². The van der Waals surface area contributed by atoms with Crippen LogP contribution in [0.5, 0.6) is 0 Å². The van der Waals surface area contributed by atoms with Crippen molar-refractivity contribution < 1.29 is 4.74 Å². The molecule has 1 aromatic rings. The van der Waals surface area contributed by atoms with Crippen LogP contribution in [0.4, 0.5) is 0 Å². The molecular weight excluding hydrogens is 336 g/mol. The van der Waals surface area contributed by atoms with E-state index in [2.05, 4.69) is 52.4 Å². The number of aliphatic imine (C=N–C) groups is 1. The smallest absolute Gasteiger partial charge is 0.193 e. The molecule has 3 aliphatic rings. The van der Waals surface area contributed by atoms with Crippen LogP contribution < -0.4 is 5.32 Å². The Kier molecular flexibility index (Phi) is 6.30. The van der Waals surface area contributed by atoms with Crippen molar-refractivity contribution in [2.75, 3.05) is 45.9 Å². The van der Waals surface area contributed by atoms with Crippen molar-refractivity contribution in [2.24, 2.45) is 10.9 Å². The summed E-state index contributed by atoms with van der Waals surface area (Å²) in [6.07, 6.45) is 5.29. The van der Waals surface area contributed by atoms with Crippen LogP contribution in [0.1, 0.15) is 44.3 Å². The van der Waals surface area contributed by atoms with Crippen LogP contribution in [-0.4, -0.2) is 67.7 Å². The fourth-order valence-corrected chi connectivity index (χ4v) is 4.80. The third-order valence-electron chi connectivity index (χ3n) is 6.27. The summed E-state index contributed by atoms with van der Waals surface area (Å²) in [6.45, 7) is 9.58. The second kappa shape index (κ2) is 9.07. The van der Waals surface area contributed by atoms with E-state index in [0.29, 0.717) is 12.0 Å². The predicted molar refractivity (Wildman–Crippen MR) is 110 cm³/mol. The molecule has 148 valence electrons. The van der Waals surface area contributed by atoms with Gasteiger partial charge in [0.25, 0.3) is 0 Å². The highest BCUT2D eigenvalue weighted by Crippen LogP contribution is 2.34. The van der Waals surface area contributed by atoms with Gasteiger partial charge in [-0.2, -0.15) is 0 Å². The Hall–Kier alpha value is -1.59. The lowest BCUT2D eigenvalue weighted by Crippen LogP contribution is -2.43. The van der Waals surface area contributed by atoms with Crippen LogP contribution in [0, 0.1) is 5.92 Å². The molecule has 1 aromatic carbocycles. The molecule has 5 heteroatoms. The van der Waals surface area contributed by atoms with Gasteiger partial charge in [-0.25, -0.2) is 0 Å². The Bertz CT molecular complexity index is 614. The first-order chi connectivity index (χ1) is 13.3. The lowest BCUT2D eigenvalue weighted by atomic mass is 9.95. The van der Waals surface area contributed by atoms with Gasteiger partial charge in [0.15, 0.2) is 5.96 Å². The van der Waals surface area contributed by atoms with Gasteiger partial charge in [0.2, 0.25) is 0 Å². The fraction of sp³-hybridized carbons (Fsp3) is 0.682. The topological polar surface area (TPSA) is 40.1 Å². The molecule has 3 unspecified atom stereocenters. The van der Waals surface area contributed by atoms with E-state index in [0.717, 1.165) is 45.2 Å². The van der Waals surface area contributed by atoms with Crippen molar-refractivity contribution in [1.29, 1.82) is 0 Å². The number of guanidine groups is 1. The summed E-state index contributed by atoms with van der Waals surface area (Å²) in [7, 11) is 0. The molecule has 1 N–H and O–H groups in total. The zero-order valence-electron chi connectivity index (χ0n) is 16.6. The standard InChI is InChI=1S/C22H34N4O/c1-2-23-22(26-14-10-20(17-26)25-12-6-7-13-25)24-16-19-11-15-27-21(19)18-8-4-3-5-9-18/h3-5,8-9,19-21H,2,6-7,10-17H2,1H3,(H,23,24). The van der Waals surface area contributed by atoms with E-state index in [1.54, 1.807) is 0 Å². The Balaban J connectivity index is 1.39. The molecule has 3 fully saturated rings. The van der Waals surface area contributed by atoms with Crippen LogP contribution in [-0.2, 0) is 4.74 Å². The summed E-state index contributed by atoms with van der Waals surface area (Å²) in [5.74, 6) is 1.57. The third kappa shape index (κ3) is 4.46. The van der Waals surface area contributed by atoms with Gasteiger partial charge in [-0.1, -0.05) is 30.3 Å². The fourth-order valence-electron chi connectivity index (χ4n) is 4.80. The molecule has 0 amide bonds. The molecule has 0 radical (unpaired) electrons. The van der Waals surface area contributed by atoms with Crippen LogP contribution in [0.25, 0.3) is 0 Å². The summed E-state index contributed by atoms with van der Waals surface area (Å²) in [5.41, 5.74) is 1.29. The summed E-state index contributed by atoms with van der Waals surface area (Å²) >= 11 is 0. The van der Waals surface area contributed by atoms with Crippen molar-refractivity contribution in [1.82, 2.24) is 15.1 Å². The van der Waals surface area contributed by atoms with Gasteiger partial charge in [-0.05, 0) is 51.3 Å². The number of likely N-dealkylation sites (tertiary alicyclic amines) is 2. The van der Waals surface area contributed by atoms with Gasteiger partial charge in [-0.15, -0.1) is 0 Å². The molecule has 3 saturated heterocycles. The molecule has 5 nitrogen and oxygen atoms in total. The molecule has 0 bridgehead atoms. The largest absolute Gasteiger partial charge is 0.373 e. The Morgan fingerprint density at radius 1 is 1.15 bits per heavy atom. The van der Waals surface area contributed by atoms with E-state index < -0.39 is 0 Å². The Morgan fingerprint density at radius 2 is 1.96 bits per heavy atom.